The number of amides is 3. The number of halogens is 1. The van der Waals surface area contributed by atoms with Gasteiger partial charge in [-0.25, -0.2) is 4.79 Å². The van der Waals surface area contributed by atoms with Gasteiger partial charge in [0.25, 0.3) is 0 Å². The number of hydrogen-bond donors (Lipinski definition) is 2. The zero-order chi connectivity index (χ0) is 11.5. The maximum absolute atomic E-state index is 11.4. The number of ether oxygens (including phenoxy) is 1. The quantitative estimate of drug-likeness (QED) is 0.689. The molecule has 0 bridgehead atoms. The highest BCUT2D eigenvalue weighted by molar-refractivity contribution is 6.28. The molecule has 2 N–H and O–H groups in total. The van der Waals surface area contributed by atoms with Gasteiger partial charge in [-0.15, -0.1) is 11.6 Å². The Hall–Kier alpha value is -0.810. The molecule has 1 rings (SSSR count). The maximum atomic E-state index is 11.4. The summed E-state index contributed by atoms with van der Waals surface area (Å²) in [5.74, 6) is -0.736. The minimum Gasteiger partial charge on any atom is -0.376 e. The summed E-state index contributed by atoms with van der Waals surface area (Å²) in [6.07, 6.45) is 0.672. The van der Waals surface area contributed by atoms with Crippen molar-refractivity contribution in [3.05, 3.63) is 0 Å². The van der Waals surface area contributed by atoms with Gasteiger partial charge in [-0.05, 0) is 20.3 Å². The normalized spacial score (nSPS) is 29.9. The van der Waals surface area contributed by atoms with E-state index in [1.807, 2.05) is 13.8 Å². The highest BCUT2D eigenvalue weighted by Crippen LogP contribution is 2.24. The van der Waals surface area contributed by atoms with Gasteiger partial charge in [-0.2, -0.15) is 0 Å². The lowest BCUT2D eigenvalue weighted by molar-refractivity contribution is -0.117. The van der Waals surface area contributed by atoms with E-state index in [4.69, 9.17) is 16.3 Å². The molecule has 1 fully saturated rings. The summed E-state index contributed by atoms with van der Waals surface area (Å²) in [4.78, 5) is 22.2. The van der Waals surface area contributed by atoms with E-state index in [0.29, 0.717) is 6.61 Å². The molecule has 0 aliphatic carbocycles. The number of rotatable bonds is 2. The van der Waals surface area contributed by atoms with E-state index < -0.39 is 17.5 Å². The lowest BCUT2D eigenvalue weighted by Gasteiger charge is -2.28. The molecule has 15 heavy (non-hydrogen) atoms. The zero-order valence-corrected chi connectivity index (χ0v) is 9.56. The van der Waals surface area contributed by atoms with Crippen LogP contribution in [0.2, 0.25) is 0 Å². The number of hydrogen-bond acceptors (Lipinski definition) is 3. The van der Waals surface area contributed by atoms with Gasteiger partial charge in [-0.3, -0.25) is 10.1 Å². The van der Waals surface area contributed by atoms with E-state index in [2.05, 4.69) is 10.6 Å². The van der Waals surface area contributed by atoms with Gasteiger partial charge in [0.05, 0.1) is 11.6 Å². The Labute approximate surface area is 93.5 Å². The molecule has 2 atom stereocenters. The summed E-state index contributed by atoms with van der Waals surface area (Å²) < 4.78 is 5.35. The van der Waals surface area contributed by atoms with Crippen LogP contribution in [0.5, 0.6) is 0 Å². The SMILES string of the molecule is CC1OCCC1(C)NC(=O)NC(=O)CCl. The van der Waals surface area contributed by atoms with E-state index in [0.717, 1.165) is 6.42 Å². The number of alkyl halides is 1. The molecule has 0 saturated carbocycles. The van der Waals surface area contributed by atoms with Crippen LogP contribution < -0.4 is 10.6 Å². The van der Waals surface area contributed by atoms with Crippen LogP contribution in [0, 0.1) is 0 Å². The Morgan fingerprint density at radius 3 is 2.73 bits per heavy atom. The van der Waals surface area contributed by atoms with Crippen molar-refractivity contribution in [1.29, 1.82) is 0 Å². The second-order valence-electron chi connectivity index (χ2n) is 3.82. The van der Waals surface area contributed by atoms with Crippen molar-refractivity contribution in [2.45, 2.75) is 31.9 Å². The fourth-order valence-electron chi connectivity index (χ4n) is 1.45. The fourth-order valence-corrected chi connectivity index (χ4v) is 1.52. The van der Waals surface area contributed by atoms with Crippen molar-refractivity contribution in [2.75, 3.05) is 12.5 Å². The minimum atomic E-state index is -0.527. The molecule has 0 aromatic rings. The van der Waals surface area contributed by atoms with Crippen LogP contribution in [0.1, 0.15) is 20.3 Å². The molecule has 1 saturated heterocycles. The second-order valence-corrected chi connectivity index (χ2v) is 4.08. The largest absolute Gasteiger partial charge is 0.376 e. The molecule has 0 aromatic carbocycles. The highest BCUT2D eigenvalue weighted by Gasteiger charge is 2.38. The third-order valence-corrected chi connectivity index (χ3v) is 2.90. The average molecular weight is 235 g/mol. The fraction of sp³-hybridized carbons (Fsp3) is 0.778. The van der Waals surface area contributed by atoms with Gasteiger partial charge >= 0.3 is 6.03 Å². The molecule has 1 heterocycles. The first-order valence-electron chi connectivity index (χ1n) is 4.77. The number of carbonyl (C=O) groups excluding carboxylic acids is 2. The first kappa shape index (κ1) is 12.3. The smallest absolute Gasteiger partial charge is 0.321 e. The van der Waals surface area contributed by atoms with Crippen molar-refractivity contribution in [1.82, 2.24) is 10.6 Å². The third kappa shape index (κ3) is 3.07. The van der Waals surface area contributed by atoms with Crippen LogP contribution in [0.3, 0.4) is 0 Å². The van der Waals surface area contributed by atoms with Crippen molar-refractivity contribution in [3.63, 3.8) is 0 Å². The summed E-state index contributed by atoms with van der Waals surface area (Å²) in [5, 5.41) is 4.84. The van der Waals surface area contributed by atoms with Gasteiger partial charge in [0.15, 0.2) is 0 Å². The molecule has 0 spiro atoms. The average Bonchev–Trinajstić information content (AvgIpc) is 2.46. The van der Waals surface area contributed by atoms with Gasteiger partial charge in [0.1, 0.15) is 5.88 Å². The molecule has 1 aliphatic heterocycles. The topological polar surface area (TPSA) is 67.4 Å². The number of carbonyl (C=O) groups is 2. The van der Waals surface area contributed by atoms with Gasteiger partial charge in [0, 0.05) is 6.61 Å². The standard InChI is InChI=1S/C9H15ClN2O3/c1-6-9(2,3-4-15-6)12-8(14)11-7(13)5-10/h6H,3-5H2,1-2H3,(H2,11,12,13,14). The lowest BCUT2D eigenvalue weighted by atomic mass is 9.95. The van der Waals surface area contributed by atoms with Crippen LogP contribution >= 0.6 is 11.6 Å². The summed E-state index contributed by atoms with van der Waals surface area (Å²) in [5.41, 5.74) is -0.420. The number of urea groups is 1. The lowest BCUT2D eigenvalue weighted by Crippen LogP contribution is -2.55. The molecular weight excluding hydrogens is 220 g/mol. The van der Waals surface area contributed by atoms with Crippen LogP contribution in [0.4, 0.5) is 4.79 Å². The highest BCUT2D eigenvalue weighted by atomic mass is 35.5. The molecule has 1 aliphatic rings. The number of imide groups is 1. The van der Waals surface area contributed by atoms with Crippen molar-refractivity contribution in [3.8, 4) is 0 Å². The number of nitrogens with one attached hydrogen (secondary N) is 2. The Balaban J connectivity index is 2.47. The third-order valence-electron chi connectivity index (χ3n) is 2.66. The Morgan fingerprint density at radius 1 is 1.60 bits per heavy atom. The Bertz CT molecular complexity index is 272. The first-order chi connectivity index (χ1) is 6.98. The van der Waals surface area contributed by atoms with Crippen molar-refractivity contribution >= 4 is 23.5 Å². The predicted octanol–water partition coefficient (Wildman–Crippen LogP) is 0.619. The predicted molar refractivity (Wildman–Crippen MR) is 55.8 cm³/mol. The molecule has 0 radical (unpaired) electrons. The molecule has 3 amide bonds. The van der Waals surface area contributed by atoms with E-state index in [1.54, 1.807) is 0 Å². The molecule has 6 heteroatoms. The van der Waals surface area contributed by atoms with E-state index in [9.17, 15) is 9.59 Å². The zero-order valence-electron chi connectivity index (χ0n) is 8.80. The second kappa shape index (κ2) is 4.81. The monoisotopic (exact) mass is 234 g/mol. The van der Waals surface area contributed by atoms with Crippen LogP contribution in [-0.2, 0) is 9.53 Å². The summed E-state index contributed by atoms with van der Waals surface area (Å²) in [6.45, 7) is 4.38. The Kier molecular flexibility index (Phi) is 3.93. The Morgan fingerprint density at radius 2 is 2.27 bits per heavy atom. The molecular formula is C9H15ClN2O3. The van der Waals surface area contributed by atoms with Crippen LogP contribution in [-0.4, -0.2) is 36.1 Å². The maximum Gasteiger partial charge on any atom is 0.321 e. The van der Waals surface area contributed by atoms with E-state index in [1.165, 1.54) is 0 Å². The van der Waals surface area contributed by atoms with Crippen molar-refractivity contribution < 1.29 is 14.3 Å². The summed E-state index contributed by atoms with van der Waals surface area (Å²) >= 11 is 5.26. The van der Waals surface area contributed by atoms with Gasteiger partial charge in [-0.1, -0.05) is 0 Å². The van der Waals surface area contributed by atoms with Crippen molar-refractivity contribution in [2.24, 2.45) is 0 Å². The summed E-state index contributed by atoms with van der Waals surface area (Å²) in [7, 11) is 0. The minimum absolute atomic E-state index is 0.0608. The first-order valence-corrected chi connectivity index (χ1v) is 5.31. The van der Waals surface area contributed by atoms with Crippen LogP contribution in [0.25, 0.3) is 0 Å². The van der Waals surface area contributed by atoms with E-state index in [-0.39, 0.29) is 12.0 Å². The van der Waals surface area contributed by atoms with Gasteiger partial charge < -0.3 is 10.1 Å². The molecule has 5 nitrogen and oxygen atoms in total. The molecule has 0 aromatic heterocycles. The van der Waals surface area contributed by atoms with Crippen LogP contribution in [0.15, 0.2) is 0 Å². The molecule has 86 valence electrons. The molecule has 2 unspecified atom stereocenters. The van der Waals surface area contributed by atoms with E-state index >= 15 is 0 Å². The van der Waals surface area contributed by atoms with Gasteiger partial charge in [0.2, 0.25) is 5.91 Å². The summed E-state index contributed by atoms with van der Waals surface area (Å²) in [6, 6.07) is -0.527.